The van der Waals surface area contributed by atoms with Crippen LogP contribution in [0.2, 0.25) is 5.15 Å². The Bertz CT molecular complexity index is 412. The second-order valence-electron chi connectivity index (χ2n) is 4.98. The van der Waals surface area contributed by atoms with E-state index >= 15 is 0 Å². The average molecular weight is 256 g/mol. The van der Waals surface area contributed by atoms with Crippen molar-refractivity contribution < 1.29 is 5.11 Å². The lowest BCUT2D eigenvalue weighted by atomic mass is 9.96. The van der Waals surface area contributed by atoms with E-state index in [-0.39, 0.29) is 0 Å². The molecular formula is C12H18ClN3O. The molecule has 4 nitrogen and oxygen atoms in total. The highest BCUT2D eigenvalue weighted by Gasteiger charge is 2.29. The molecule has 3 heterocycles. The quantitative estimate of drug-likeness (QED) is 0.805. The van der Waals surface area contributed by atoms with Crippen molar-refractivity contribution >= 4 is 11.6 Å². The van der Waals surface area contributed by atoms with Crippen LogP contribution in [0, 0.1) is 0 Å². The van der Waals surface area contributed by atoms with Crippen molar-refractivity contribution in [2.45, 2.75) is 44.2 Å². The van der Waals surface area contributed by atoms with Gasteiger partial charge in [0, 0.05) is 12.5 Å². The molecule has 5 heteroatoms. The monoisotopic (exact) mass is 255 g/mol. The van der Waals surface area contributed by atoms with Gasteiger partial charge in [-0.3, -0.25) is 0 Å². The third kappa shape index (κ3) is 1.98. The first kappa shape index (κ1) is 11.5. The molecule has 0 aliphatic carbocycles. The molecule has 0 spiro atoms. The Morgan fingerprint density at radius 2 is 2.06 bits per heavy atom. The summed E-state index contributed by atoms with van der Waals surface area (Å²) in [5.74, 6) is 1.58. The Balaban J connectivity index is 1.97. The zero-order chi connectivity index (χ0) is 11.8. The van der Waals surface area contributed by atoms with Crippen LogP contribution in [0.15, 0.2) is 0 Å². The minimum atomic E-state index is -0.431. The van der Waals surface area contributed by atoms with Crippen LogP contribution >= 0.6 is 11.6 Å². The van der Waals surface area contributed by atoms with Crippen LogP contribution in [-0.4, -0.2) is 27.7 Å². The molecule has 0 amide bonds. The summed E-state index contributed by atoms with van der Waals surface area (Å²) in [7, 11) is 0. The minimum Gasteiger partial charge on any atom is -0.387 e. The summed E-state index contributed by atoms with van der Waals surface area (Å²) in [4.78, 5) is 4.51. The van der Waals surface area contributed by atoms with E-state index in [2.05, 4.69) is 14.9 Å². The normalized spacial score (nSPS) is 25.9. The minimum absolute atomic E-state index is 0.431. The van der Waals surface area contributed by atoms with Gasteiger partial charge in [0.25, 0.3) is 0 Å². The van der Waals surface area contributed by atoms with Crippen LogP contribution in [0.1, 0.15) is 49.2 Å². The van der Waals surface area contributed by atoms with E-state index < -0.39 is 6.10 Å². The van der Waals surface area contributed by atoms with Crippen molar-refractivity contribution in [1.82, 2.24) is 14.9 Å². The summed E-state index contributed by atoms with van der Waals surface area (Å²) < 4.78 is 2.16. The molecule has 2 aliphatic heterocycles. The fourth-order valence-corrected chi connectivity index (χ4v) is 3.29. The second-order valence-corrected chi connectivity index (χ2v) is 5.34. The van der Waals surface area contributed by atoms with E-state index in [1.54, 1.807) is 0 Å². The Labute approximate surface area is 106 Å². The van der Waals surface area contributed by atoms with Gasteiger partial charge in [0.2, 0.25) is 0 Å². The molecule has 0 saturated carbocycles. The van der Waals surface area contributed by atoms with Crippen LogP contribution < -0.4 is 5.32 Å². The smallest absolute Gasteiger partial charge is 0.153 e. The predicted molar refractivity (Wildman–Crippen MR) is 66.3 cm³/mol. The number of piperidine rings is 1. The second kappa shape index (κ2) is 4.59. The van der Waals surface area contributed by atoms with Gasteiger partial charge < -0.3 is 15.0 Å². The number of nitrogens with zero attached hydrogens (tertiary/aromatic N) is 2. The fraction of sp³-hybridized carbons (Fsp3) is 0.750. The van der Waals surface area contributed by atoms with Crippen LogP contribution in [-0.2, 0) is 6.54 Å². The molecule has 1 atom stereocenters. The van der Waals surface area contributed by atoms with Crippen LogP contribution in [0.4, 0.5) is 0 Å². The number of hydrogen-bond acceptors (Lipinski definition) is 3. The van der Waals surface area contributed by atoms with E-state index in [0.717, 1.165) is 56.8 Å². The van der Waals surface area contributed by atoms with Gasteiger partial charge in [-0.2, -0.15) is 0 Å². The molecule has 17 heavy (non-hydrogen) atoms. The van der Waals surface area contributed by atoms with Gasteiger partial charge in [-0.1, -0.05) is 11.6 Å². The number of imidazole rings is 1. The number of aromatic nitrogens is 2. The van der Waals surface area contributed by atoms with Gasteiger partial charge in [0.15, 0.2) is 5.15 Å². The Morgan fingerprint density at radius 3 is 2.82 bits per heavy atom. The molecule has 1 aromatic rings. The van der Waals surface area contributed by atoms with Crippen LogP contribution in [0.3, 0.4) is 0 Å². The summed E-state index contributed by atoms with van der Waals surface area (Å²) in [6, 6.07) is 0. The van der Waals surface area contributed by atoms with Crippen molar-refractivity contribution in [3.63, 3.8) is 0 Å². The number of hydrogen-bond donors (Lipinski definition) is 2. The van der Waals surface area contributed by atoms with E-state index in [4.69, 9.17) is 11.6 Å². The van der Waals surface area contributed by atoms with Gasteiger partial charge in [0.05, 0.1) is 11.8 Å². The SMILES string of the molecule is OC1CCCn2c(C3CCNCC3)nc(Cl)c21. The van der Waals surface area contributed by atoms with Crippen LogP contribution in [0.25, 0.3) is 0 Å². The van der Waals surface area contributed by atoms with E-state index in [1.165, 1.54) is 0 Å². The lowest BCUT2D eigenvalue weighted by Crippen LogP contribution is -2.29. The molecule has 1 unspecified atom stereocenters. The summed E-state index contributed by atoms with van der Waals surface area (Å²) >= 11 is 6.17. The number of halogens is 1. The summed E-state index contributed by atoms with van der Waals surface area (Å²) in [6.45, 7) is 3.05. The standard InChI is InChI=1S/C12H18ClN3O/c13-11-10-9(17)2-1-7-16(10)12(15-11)8-3-5-14-6-4-8/h8-9,14,17H,1-7H2. The average Bonchev–Trinajstić information content (AvgIpc) is 2.69. The molecule has 0 aromatic carbocycles. The van der Waals surface area contributed by atoms with Crippen molar-refractivity contribution in [2.24, 2.45) is 0 Å². The zero-order valence-corrected chi connectivity index (χ0v) is 10.6. The third-order valence-corrected chi connectivity index (χ3v) is 4.15. The largest absolute Gasteiger partial charge is 0.387 e. The molecular weight excluding hydrogens is 238 g/mol. The summed E-state index contributed by atoms with van der Waals surface area (Å²) in [5.41, 5.74) is 0.839. The molecule has 2 N–H and O–H groups in total. The maximum absolute atomic E-state index is 10.00. The third-order valence-electron chi connectivity index (χ3n) is 3.87. The maximum Gasteiger partial charge on any atom is 0.153 e. The zero-order valence-electron chi connectivity index (χ0n) is 9.82. The Hall–Kier alpha value is -0.580. The van der Waals surface area contributed by atoms with E-state index in [1.807, 2.05) is 0 Å². The highest BCUT2D eigenvalue weighted by atomic mass is 35.5. The van der Waals surface area contributed by atoms with Crippen molar-refractivity contribution in [2.75, 3.05) is 13.1 Å². The lowest BCUT2D eigenvalue weighted by molar-refractivity contribution is 0.137. The molecule has 3 rings (SSSR count). The van der Waals surface area contributed by atoms with Gasteiger partial charge in [-0.05, 0) is 38.8 Å². The first-order valence-corrected chi connectivity index (χ1v) is 6.80. The number of aliphatic hydroxyl groups excluding tert-OH is 1. The molecule has 1 saturated heterocycles. The number of aliphatic hydroxyl groups is 1. The highest BCUT2D eigenvalue weighted by Crippen LogP contribution is 2.35. The summed E-state index contributed by atoms with van der Waals surface area (Å²) in [5, 5.41) is 13.9. The van der Waals surface area contributed by atoms with Gasteiger partial charge in [-0.25, -0.2) is 4.98 Å². The first-order chi connectivity index (χ1) is 8.27. The number of fused-ring (bicyclic) bond motifs is 1. The number of rotatable bonds is 1. The molecule has 2 aliphatic rings. The topological polar surface area (TPSA) is 50.1 Å². The summed E-state index contributed by atoms with van der Waals surface area (Å²) in [6.07, 6.45) is 3.61. The molecule has 94 valence electrons. The first-order valence-electron chi connectivity index (χ1n) is 6.42. The van der Waals surface area contributed by atoms with E-state index in [9.17, 15) is 5.11 Å². The Kier molecular flexibility index (Phi) is 3.11. The van der Waals surface area contributed by atoms with Gasteiger partial charge in [-0.15, -0.1) is 0 Å². The van der Waals surface area contributed by atoms with Gasteiger partial charge in [0.1, 0.15) is 5.82 Å². The van der Waals surface area contributed by atoms with Crippen molar-refractivity contribution in [1.29, 1.82) is 0 Å². The highest BCUT2D eigenvalue weighted by molar-refractivity contribution is 6.30. The van der Waals surface area contributed by atoms with Crippen molar-refractivity contribution in [3.05, 3.63) is 16.7 Å². The van der Waals surface area contributed by atoms with Crippen molar-refractivity contribution in [3.8, 4) is 0 Å². The predicted octanol–water partition coefficient (Wildman–Crippen LogP) is 1.83. The maximum atomic E-state index is 10.00. The lowest BCUT2D eigenvalue weighted by Gasteiger charge is -2.26. The fourth-order valence-electron chi connectivity index (χ4n) is 2.98. The molecule has 0 bridgehead atoms. The number of nitrogens with one attached hydrogen (secondary N) is 1. The van der Waals surface area contributed by atoms with E-state index in [0.29, 0.717) is 11.1 Å². The molecule has 1 aromatic heterocycles. The molecule has 1 fully saturated rings. The molecule has 0 radical (unpaired) electrons. The Morgan fingerprint density at radius 1 is 1.29 bits per heavy atom. The van der Waals surface area contributed by atoms with Gasteiger partial charge >= 0.3 is 0 Å². The van der Waals surface area contributed by atoms with Crippen LogP contribution in [0.5, 0.6) is 0 Å².